The summed E-state index contributed by atoms with van der Waals surface area (Å²) in [4.78, 5) is 35.3. The molecule has 3 rings (SSSR count). The molecular formula is C20H17ClN4O6S. The molecule has 0 saturated heterocycles. The molecule has 1 heterocycles. The van der Waals surface area contributed by atoms with Crippen LogP contribution >= 0.6 is 11.6 Å². The molecule has 0 saturated carbocycles. The molecule has 0 radical (unpaired) electrons. The van der Waals surface area contributed by atoms with Crippen LogP contribution in [0.4, 0.5) is 5.69 Å². The number of nitrogens with one attached hydrogen (secondary N) is 2. The van der Waals surface area contributed by atoms with E-state index in [4.69, 9.17) is 27.5 Å². The first-order chi connectivity index (χ1) is 15.1. The summed E-state index contributed by atoms with van der Waals surface area (Å²) in [7, 11) is -4.08. The SMILES string of the molecule is NC(=O)c1cc(NC(=O)c2ccc(Cl)c(S(=O)(=O)NCc3ccco3)c2)cc(C(N)=O)c1. The Bertz CT molecular complexity index is 1270. The molecule has 2 aromatic carbocycles. The topological polar surface area (TPSA) is 175 Å². The number of nitrogens with two attached hydrogens (primary N) is 2. The highest BCUT2D eigenvalue weighted by atomic mass is 35.5. The molecule has 166 valence electrons. The molecule has 0 aliphatic heterocycles. The van der Waals surface area contributed by atoms with E-state index in [0.29, 0.717) is 5.76 Å². The van der Waals surface area contributed by atoms with Gasteiger partial charge in [-0.3, -0.25) is 14.4 Å². The summed E-state index contributed by atoms with van der Waals surface area (Å²) in [6.07, 6.45) is 1.40. The Balaban J connectivity index is 1.87. The second-order valence-electron chi connectivity index (χ2n) is 6.53. The molecule has 0 fully saturated rings. The molecule has 10 nitrogen and oxygen atoms in total. The van der Waals surface area contributed by atoms with E-state index in [9.17, 15) is 22.8 Å². The number of hydrogen-bond acceptors (Lipinski definition) is 6. The predicted molar refractivity (Wildman–Crippen MR) is 116 cm³/mol. The highest BCUT2D eigenvalue weighted by Crippen LogP contribution is 2.24. The molecule has 1 aromatic heterocycles. The predicted octanol–water partition coefficient (Wildman–Crippen LogP) is 1.86. The van der Waals surface area contributed by atoms with Gasteiger partial charge in [0.25, 0.3) is 5.91 Å². The highest BCUT2D eigenvalue weighted by Gasteiger charge is 2.21. The summed E-state index contributed by atoms with van der Waals surface area (Å²) in [6, 6.07) is 10.6. The summed E-state index contributed by atoms with van der Waals surface area (Å²) in [5.41, 5.74) is 10.4. The third-order valence-electron chi connectivity index (χ3n) is 4.26. The smallest absolute Gasteiger partial charge is 0.255 e. The van der Waals surface area contributed by atoms with E-state index in [2.05, 4.69) is 10.0 Å². The van der Waals surface area contributed by atoms with Gasteiger partial charge in [-0.15, -0.1) is 0 Å². The minimum atomic E-state index is -4.08. The molecular weight excluding hydrogens is 460 g/mol. The van der Waals surface area contributed by atoms with E-state index in [1.54, 1.807) is 12.1 Å². The van der Waals surface area contributed by atoms with E-state index in [1.807, 2.05) is 0 Å². The van der Waals surface area contributed by atoms with Crippen LogP contribution in [0.3, 0.4) is 0 Å². The van der Waals surface area contributed by atoms with E-state index >= 15 is 0 Å². The van der Waals surface area contributed by atoms with Crippen LogP contribution in [0, 0.1) is 0 Å². The van der Waals surface area contributed by atoms with Gasteiger partial charge in [0.1, 0.15) is 10.7 Å². The minimum Gasteiger partial charge on any atom is -0.468 e. The van der Waals surface area contributed by atoms with Crippen molar-refractivity contribution < 1.29 is 27.2 Å². The number of benzene rings is 2. The molecule has 32 heavy (non-hydrogen) atoms. The van der Waals surface area contributed by atoms with Crippen LogP contribution in [-0.2, 0) is 16.6 Å². The number of hydrogen-bond donors (Lipinski definition) is 4. The Hall–Kier alpha value is -3.67. The van der Waals surface area contributed by atoms with Gasteiger partial charge in [0.05, 0.1) is 17.8 Å². The fraction of sp³-hybridized carbons (Fsp3) is 0.0500. The number of furan rings is 1. The maximum absolute atomic E-state index is 12.7. The monoisotopic (exact) mass is 476 g/mol. The number of halogens is 1. The highest BCUT2D eigenvalue weighted by molar-refractivity contribution is 7.89. The zero-order valence-electron chi connectivity index (χ0n) is 16.3. The van der Waals surface area contributed by atoms with Crippen molar-refractivity contribution in [1.82, 2.24) is 4.72 Å². The summed E-state index contributed by atoms with van der Waals surface area (Å²) in [6.45, 7) is -0.113. The molecule has 0 atom stereocenters. The lowest BCUT2D eigenvalue weighted by Gasteiger charge is -2.11. The second-order valence-corrected chi connectivity index (χ2v) is 8.67. The van der Waals surface area contributed by atoms with Gasteiger partial charge in [-0.25, -0.2) is 13.1 Å². The van der Waals surface area contributed by atoms with Gasteiger partial charge in [0.2, 0.25) is 21.8 Å². The Morgan fingerprint density at radius 2 is 1.59 bits per heavy atom. The summed E-state index contributed by atoms with van der Waals surface area (Å²) in [5, 5.41) is 2.38. The third kappa shape index (κ3) is 5.32. The lowest BCUT2D eigenvalue weighted by molar-refractivity contribution is 0.0994. The quantitative estimate of drug-likeness (QED) is 0.385. The third-order valence-corrected chi connectivity index (χ3v) is 6.14. The van der Waals surface area contributed by atoms with Gasteiger partial charge in [-0.1, -0.05) is 11.6 Å². The molecule has 3 aromatic rings. The standard InChI is InChI=1S/C20H17ClN4O6S/c21-16-4-3-11(9-17(16)32(29,30)24-10-15-2-1-5-31-15)20(28)25-14-7-12(18(22)26)6-13(8-14)19(23)27/h1-9,24H,10H2,(H2,22,26)(H2,23,27)(H,25,28). The second kappa shape index (κ2) is 9.22. The molecule has 0 spiro atoms. The van der Waals surface area contributed by atoms with Crippen molar-refractivity contribution in [1.29, 1.82) is 0 Å². The van der Waals surface area contributed by atoms with E-state index in [0.717, 1.165) is 6.07 Å². The molecule has 0 bridgehead atoms. The molecule has 0 aliphatic rings. The zero-order valence-corrected chi connectivity index (χ0v) is 17.9. The van der Waals surface area contributed by atoms with E-state index < -0.39 is 27.7 Å². The maximum atomic E-state index is 12.7. The van der Waals surface area contributed by atoms with Crippen LogP contribution < -0.4 is 21.5 Å². The fourth-order valence-corrected chi connectivity index (χ4v) is 4.21. The van der Waals surface area contributed by atoms with Crippen molar-refractivity contribution in [3.8, 4) is 0 Å². The first-order valence-electron chi connectivity index (χ1n) is 8.94. The van der Waals surface area contributed by atoms with Crippen LogP contribution in [0.25, 0.3) is 0 Å². The van der Waals surface area contributed by atoms with Crippen LogP contribution in [0.1, 0.15) is 36.8 Å². The van der Waals surface area contributed by atoms with Crippen molar-refractivity contribution in [2.24, 2.45) is 11.5 Å². The van der Waals surface area contributed by atoms with Crippen LogP contribution in [0.15, 0.2) is 64.1 Å². The van der Waals surface area contributed by atoms with Crippen LogP contribution in [0.5, 0.6) is 0 Å². The number of amides is 3. The van der Waals surface area contributed by atoms with Gasteiger partial charge in [-0.05, 0) is 48.5 Å². The van der Waals surface area contributed by atoms with Gasteiger partial charge in [-0.2, -0.15) is 0 Å². The van der Waals surface area contributed by atoms with Crippen LogP contribution in [-0.4, -0.2) is 26.1 Å². The van der Waals surface area contributed by atoms with E-state index in [-0.39, 0.29) is 38.8 Å². The number of primary amides is 2. The molecule has 12 heteroatoms. The van der Waals surface area contributed by atoms with Gasteiger partial charge in [0, 0.05) is 22.4 Å². The van der Waals surface area contributed by atoms with Crippen molar-refractivity contribution in [3.05, 3.63) is 82.3 Å². The van der Waals surface area contributed by atoms with E-state index in [1.165, 1.54) is 36.6 Å². The Kier molecular flexibility index (Phi) is 6.63. The number of rotatable bonds is 8. The first-order valence-corrected chi connectivity index (χ1v) is 10.8. The largest absolute Gasteiger partial charge is 0.468 e. The number of anilines is 1. The lowest BCUT2D eigenvalue weighted by Crippen LogP contribution is -2.24. The summed E-state index contributed by atoms with van der Waals surface area (Å²) >= 11 is 6.04. The summed E-state index contributed by atoms with van der Waals surface area (Å²) < 4.78 is 32.7. The van der Waals surface area contributed by atoms with Crippen molar-refractivity contribution in [3.63, 3.8) is 0 Å². The first kappa shape index (κ1) is 23.0. The molecule has 0 aliphatic carbocycles. The molecule has 6 N–H and O–H groups in total. The number of carbonyl (C=O) groups excluding carboxylic acids is 3. The van der Waals surface area contributed by atoms with Gasteiger partial charge in [0.15, 0.2) is 0 Å². The van der Waals surface area contributed by atoms with Gasteiger partial charge < -0.3 is 21.2 Å². The molecule has 0 unspecified atom stereocenters. The van der Waals surface area contributed by atoms with Crippen LogP contribution in [0.2, 0.25) is 5.02 Å². The van der Waals surface area contributed by atoms with Crippen molar-refractivity contribution in [2.45, 2.75) is 11.4 Å². The fourth-order valence-electron chi connectivity index (χ4n) is 2.70. The maximum Gasteiger partial charge on any atom is 0.255 e. The average molecular weight is 477 g/mol. The normalized spacial score (nSPS) is 11.2. The number of carbonyl (C=O) groups is 3. The minimum absolute atomic E-state index is 0.0434. The average Bonchev–Trinajstić information content (AvgIpc) is 3.26. The lowest BCUT2D eigenvalue weighted by atomic mass is 10.1. The Labute approximate surface area is 187 Å². The van der Waals surface area contributed by atoms with Gasteiger partial charge >= 0.3 is 0 Å². The zero-order chi connectivity index (χ0) is 23.5. The molecule has 3 amide bonds. The number of sulfonamides is 1. The van der Waals surface area contributed by atoms with Crippen molar-refractivity contribution >= 4 is 45.0 Å². The Morgan fingerprint density at radius 1 is 0.938 bits per heavy atom. The van der Waals surface area contributed by atoms with Crippen molar-refractivity contribution in [2.75, 3.05) is 5.32 Å². The Morgan fingerprint density at radius 3 is 2.16 bits per heavy atom. The summed E-state index contributed by atoms with van der Waals surface area (Å²) in [5.74, 6) is -1.99.